The number of hydrogen-bond acceptors (Lipinski definition) is 2. The molecule has 108 valence electrons. The third-order valence-corrected chi connectivity index (χ3v) is 5.05. The molecule has 1 aromatic rings. The highest BCUT2D eigenvalue weighted by Crippen LogP contribution is 2.44. The molecule has 2 aliphatic rings. The van der Waals surface area contributed by atoms with Crippen molar-refractivity contribution in [3.63, 3.8) is 0 Å². The first-order valence-corrected chi connectivity index (χ1v) is 7.64. The summed E-state index contributed by atoms with van der Waals surface area (Å²) in [5.74, 6) is 0.897. The zero-order valence-corrected chi connectivity index (χ0v) is 12.8. The number of aryl methyl sites for hydroxylation is 1. The summed E-state index contributed by atoms with van der Waals surface area (Å²) < 4.78 is 0. The predicted octanol–water partition coefficient (Wildman–Crippen LogP) is 3.00. The van der Waals surface area contributed by atoms with Crippen LogP contribution in [0.15, 0.2) is 24.3 Å². The highest BCUT2D eigenvalue weighted by Gasteiger charge is 2.54. The summed E-state index contributed by atoms with van der Waals surface area (Å²) in [6.07, 6.45) is 1.99. The maximum absolute atomic E-state index is 12.8. The molecular formula is C17H24N2O. The van der Waals surface area contributed by atoms with Crippen molar-refractivity contribution in [3.05, 3.63) is 35.4 Å². The summed E-state index contributed by atoms with van der Waals surface area (Å²) in [4.78, 5) is 15.0. The monoisotopic (exact) mass is 272 g/mol. The molecule has 1 amide bonds. The molecule has 1 aromatic carbocycles. The average molecular weight is 272 g/mol. The second-order valence-electron chi connectivity index (χ2n) is 6.58. The van der Waals surface area contributed by atoms with E-state index in [1.807, 2.05) is 6.92 Å². The van der Waals surface area contributed by atoms with Crippen molar-refractivity contribution >= 4 is 5.91 Å². The van der Waals surface area contributed by atoms with Gasteiger partial charge in [-0.15, -0.1) is 0 Å². The molecule has 0 radical (unpaired) electrons. The van der Waals surface area contributed by atoms with Gasteiger partial charge in [0.2, 0.25) is 5.91 Å². The zero-order valence-electron chi connectivity index (χ0n) is 12.8. The molecule has 0 aromatic heterocycles. The van der Waals surface area contributed by atoms with Gasteiger partial charge < -0.3 is 4.90 Å². The molecule has 2 fully saturated rings. The molecule has 1 heterocycles. The van der Waals surface area contributed by atoms with Gasteiger partial charge in [0.05, 0.1) is 5.54 Å². The van der Waals surface area contributed by atoms with Gasteiger partial charge in [-0.1, -0.05) is 38.1 Å². The third kappa shape index (κ3) is 1.96. The van der Waals surface area contributed by atoms with E-state index in [0.29, 0.717) is 12.0 Å². The van der Waals surface area contributed by atoms with E-state index >= 15 is 0 Å². The van der Waals surface area contributed by atoms with Crippen molar-refractivity contribution in [2.45, 2.75) is 58.3 Å². The lowest BCUT2D eigenvalue weighted by molar-refractivity contribution is -0.133. The second kappa shape index (κ2) is 4.59. The molecule has 1 aliphatic carbocycles. The minimum absolute atomic E-state index is 0.0311. The lowest BCUT2D eigenvalue weighted by Gasteiger charge is -2.26. The number of carbonyl (C=O) groups is 1. The van der Waals surface area contributed by atoms with E-state index in [1.54, 1.807) is 0 Å². The first kappa shape index (κ1) is 13.6. The highest BCUT2D eigenvalue weighted by molar-refractivity contribution is 5.89. The second-order valence-corrected chi connectivity index (χ2v) is 6.58. The molecule has 1 aliphatic heterocycles. The van der Waals surface area contributed by atoms with Gasteiger partial charge in [-0.3, -0.25) is 10.1 Å². The highest BCUT2D eigenvalue weighted by atomic mass is 16.2. The van der Waals surface area contributed by atoms with E-state index in [4.69, 9.17) is 0 Å². The van der Waals surface area contributed by atoms with Gasteiger partial charge in [0.15, 0.2) is 0 Å². The summed E-state index contributed by atoms with van der Waals surface area (Å²) in [5.41, 5.74) is 2.06. The normalized spacial score (nSPS) is 36.5. The lowest BCUT2D eigenvalue weighted by atomic mass is 9.99. The molecule has 0 spiro atoms. The van der Waals surface area contributed by atoms with Gasteiger partial charge >= 0.3 is 0 Å². The van der Waals surface area contributed by atoms with E-state index < -0.39 is 5.54 Å². The molecule has 4 atom stereocenters. The van der Waals surface area contributed by atoms with Gasteiger partial charge in [-0.25, -0.2) is 0 Å². The number of hydrogen-bond donors (Lipinski definition) is 1. The molecule has 1 N–H and O–H groups in total. The summed E-state index contributed by atoms with van der Waals surface area (Å²) >= 11 is 0. The smallest absolute Gasteiger partial charge is 0.244 e. The quantitative estimate of drug-likeness (QED) is 0.917. The van der Waals surface area contributed by atoms with Gasteiger partial charge in [0.1, 0.15) is 6.17 Å². The molecule has 3 rings (SSSR count). The first-order chi connectivity index (χ1) is 9.48. The van der Waals surface area contributed by atoms with E-state index in [-0.39, 0.29) is 12.1 Å². The predicted molar refractivity (Wildman–Crippen MR) is 80.2 cm³/mol. The Hall–Kier alpha value is -1.35. The van der Waals surface area contributed by atoms with Crippen molar-refractivity contribution in [1.29, 1.82) is 0 Å². The van der Waals surface area contributed by atoms with E-state index in [2.05, 4.69) is 55.3 Å². The number of rotatable bonds is 3. The van der Waals surface area contributed by atoms with Crippen LogP contribution in [0, 0.1) is 12.8 Å². The van der Waals surface area contributed by atoms with Crippen LogP contribution in [-0.2, 0) is 4.79 Å². The van der Waals surface area contributed by atoms with Gasteiger partial charge in [-0.05, 0) is 43.7 Å². The average Bonchev–Trinajstić information content (AvgIpc) is 3.08. The van der Waals surface area contributed by atoms with Crippen LogP contribution in [0.25, 0.3) is 0 Å². The molecule has 1 saturated carbocycles. The van der Waals surface area contributed by atoms with Crippen molar-refractivity contribution in [3.8, 4) is 0 Å². The Balaban J connectivity index is 2.00. The molecule has 3 heteroatoms. The summed E-state index contributed by atoms with van der Waals surface area (Å²) in [6, 6.07) is 8.79. The Bertz CT molecular complexity index is 542. The molecule has 3 nitrogen and oxygen atoms in total. The van der Waals surface area contributed by atoms with Crippen LogP contribution in [0.1, 0.15) is 50.9 Å². The number of benzene rings is 1. The lowest BCUT2D eigenvalue weighted by Crippen LogP contribution is -2.43. The fourth-order valence-corrected chi connectivity index (χ4v) is 3.24. The summed E-state index contributed by atoms with van der Waals surface area (Å²) in [6.45, 7) is 8.47. The third-order valence-electron chi connectivity index (χ3n) is 5.05. The molecule has 0 bridgehead atoms. The van der Waals surface area contributed by atoms with Gasteiger partial charge in [-0.2, -0.15) is 0 Å². The topological polar surface area (TPSA) is 32.3 Å². The minimum Gasteiger partial charge on any atom is -0.318 e. The van der Waals surface area contributed by atoms with Crippen LogP contribution in [-0.4, -0.2) is 22.4 Å². The zero-order chi connectivity index (χ0) is 14.5. The Kier molecular flexibility index (Phi) is 3.13. The molecular weight excluding hydrogens is 248 g/mol. The maximum Gasteiger partial charge on any atom is 0.244 e. The largest absolute Gasteiger partial charge is 0.318 e. The standard InChI is InChI=1S/C17H24N2O/c1-5-17(4)16(20)19(14-10-12(14)3)15(18-17)13-9-7-6-8-11(13)2/h6-9,12,14-15,18H,5,10H2,1-4H3. The van der Waals surface area contributed by atoms with Crippen LogP contribution in [0.5, 0.6) is 0 Å². The van der Waals surface area contributed by atoms with E-state index in [9.17, 15) is 4.79 Å². The van der Waals surface area contributed by atoms with Crippen LogP contribution >= 0.6 is 0 Å². The Labute approximate surface area is 121 Å². The number of nitrogens with one attached hydrogen (secondary N) is 1. The van der Waals surface area contributed by atoms with Crippen LogP contribution in [0.3, 0.4) is 0 Å². The summed E-state index contributed by atoms with van der Waals surface area (Å²) in [7, 11) is 0. The number of carbonyl (C=O) groups excluding carboxylic acids is 1. The summed E-state index contributed by atoms with van der Waals surface area (Å²) in [5, 5.41) is 3.59. The maximum atomic E-state index is 12.8. The van der Waals surface area contributed by atoms with Gasteiger partial charge in [0.25, 0.3) is 0 Å². The van der Waals surface area contributed by atoms with Crippen LogP contribution in [0.2, 0.25) is 0 Å². The Morgan fingerprint density at radius 2 is 2.05 bits per heavy atom. The SMILES string of the molecule is CCC1(C)NC(c2ccccc2C)N(C2CC2C)C1=O. The van der Waals surface area contributed by atoms with Crippen molar-refractivity contribution in [2.75, 3.05) is 0 Å². The van der Waals surface area contributed by atoms with Gasteiger partial charge in [0, 0.05) is 6.04 Å². The first-order valence-electron chi connectivity index (χ1n) is 7.64. The van der Waals surface area contributed by atoms with Crippen molar-refractivity contribution in [2.24, 2.45) is 5.92 Å². The molecule has 1 saturated heterocycles. The minimum atomic E-state index is -0.421. The van der Waals surface area contributed by atoms with Crippen LogP contribution < -0.4 is 5.32 Å². The fourth-order valence-electron chi connectivity index (χ4n) is 3.24. The number of amides is 1. The number of nitrogens with zero attached hydrogens (tertiary/aromatic N) is 1. The molecule has 4 unspecified atom stereocenters. The Morgan fingerprint density at radius 3 is 2.60 bits per heavy atom. The van der Waals surface area contributed by atoms with E-state index in [0.717, 1.165) is 12.8 Å². The van der Waals surface area contributed by atoms with Crippen molar-refractivity contribution < 1.29 is 4.79 Å². The molecule has 20 heavy (non-hydrogen) atoms. The van der Waals surface area contributed by atoms with E-state index in [1.165, 1.54) is 11.1 Å². The fraction of sp³-hybridized carbons (Fsp3) is 0.588. The van der Waals surface area contributed by atoms with Crippen LogP contribution in [0.4, 0.5) is 0 Å². The van der Waals surface area contributed by atoms with Crippen molar-refractivity contribution in [1.82, 2.24) is 10.2 Å². The Morgan fingerprint density at radius 1 is 1.40 bits per heavy atom.